The highest BCUT2D eigenvalue weighted by Crippen LogP contribution is 2.17. The average Bonchev–Trinajstić information content (AvgIpc) is 2.87. The number of hydrogen-bond acceptors (Lipinski definition) is 3. The average molecular weight is 278 g/mol. The van der Waals surface area contributed by atoms with Crippen LogP contribution in [0.5, 0.6) is 0 Å². The van der Waals surface area contributed by atoms with Gasteiger partial charge in [0.2, 0.25) is 5.28 Å². The quantitative estimate of drug-likeness (QED) is 0.854. The molecule has 4 nitrogen and oxygen atoms in total. The summed E-state index contributed by atoms with van der Waals surface area (Å²) in [5.74, 6) is 0.457. The number of fused-ring (bicyclic) bond motifs is 1. The van der Waals surface area contributed by atoms with Crippen molar-refractivity contribution in [3.05, 3.63) is 39.4 Å². The van der Waals surface area contributed by atoms with E-state index in [-0.39, 0.29) is 10.8 Å². The smallest absolute Gasteiger partial charge is 0.262 e. The van der Waals surface area contributed by atoms with Gasteiger partial charge in [-0.05, 0) is 55.6 Å². The van der Waals surface area contributed by atoms with Crippen molar-refractivity contribution in [2.45, 2.75) is 19.9 Å². The van der Waals surface area contributed by atoms with E-state index in [9.17, 15) is 4.79 Å². The third-order valence-corrected chi connectivity index (χ3v) is 4.04. The minimum atomic E-state index is -0.0278. The van der Waals surface area contributed by atoms with Crippen molar-refractivity contribution in [2.75, 3.05) is 13.1 Å². The number of nitrogens with zero attached hydrogens (tertiary/aromatic N) is 2. The van der Waals surface area contributed by atoms with Gasteiger partial charge in [0.1, 0.15) is 0 Å². The molecule has 1 aliphatic heterocycles. The topological polar surface area (TPSA) is 46.9 Å². The summed E-state index contributed by atoms with van der Waals surface area (Å²) in [6, 6.07) is 5.66. The largest absolute Gasteiger partial charge is 0.316 e. The predicted molar refractivity (Wildman–Crippen MR) is 76.7 cm³/mol. The minimum absolute atomic E-state index is 0.0278. The first-order chi connectivity index (χ1) is 9.16. The molecule has 0 amide bonds. The van der Waals surface area contributed by atoms with Crippen molar-refractivity contribution in [1.29, 1.82) is 0 Å². The van der Waals surface area contributed by atoms with Crippen LogP contribution < -0.4 is 10.9 Å². The molecule has 1 aromatic heterocycles. The van der Waals surface area contributed by atoms with E-state index in [0.29, 0.717) is 23.4 Å². The second-order valence-corrected chi connectivity index (χ2v) is 5.46. The van der Waals surface area contributed by atoms with Crippen LogP contribution in [0.4, 0.5) is 0 Å². The Labute approximate surface area is 116 Å². The van der Waals surface area contributed by atoms with Gasteiger partial charge in [0.15, 0.2) is 0 Å². The molecule has 1 fully saturated rings. The highest BCUT2D eigenvalue weighted by atomic mass is 35.5. The fraction of sp³-hybridized carbons (Fsp3) is 0.429. The zero-order chi connectivity index (χ0) is 13.4. The van der Waals surface area contributed by atoms with Crippen LogP contribution in [0.3, 0.4) is 0 Å². The fourth-order valence-corrected chi connectivity index (χ4v) is 2.93. The van der Waals surface area contributed by atoms with E-state index in [1.165, 1.54) is 0 Å². The van der Waals surface area contributed by atoms with Gasteiger partial charge in [-0.3, -0.25) is 9.36 Å². The monoisotopic (exact) mass is 277 g/mol. The molecule has 0 bridgehead atoms. The van der Waals surface area contributed by atoms with E-state index in [1.54, 1.807) is 4.57 Å². The van der Waals surface area contributed by atoms with Crippen LogP contribution in [-0.2, 0) is 6.54 Å². The van der Waals surface area contributed by atoms with Crippen LogP contribution >= 0.6 is 11.6 Å². The Kier molecular flexibility index (Phi) is 3.29. The van der Waals surface area contributed by atoms with Crippen LogP contribution in [0.2, 0.25) is 5.28 Å². The highest BCUT2D eigenvalue weighted by Gasteiger charge is 2.18. The number of rotatable bonds is 2. The Balaban J connectivity index is 2.13. The Morgan fingerprint density at radius 2 is 2.37 bits per heavy atom. The SMILES string of the molecule is Cc1cccc2nc(Cl)n(CC3CCNC3)c(=O)c12. The lowest BCUT2D eigenvalue weighted by molar-refractivity contribution is 0.470. The molecular formula is C14H16ClN3O. The standard InChI is InChI=1S/C14H16ClN3O/c1-9-3-2-4-11-12(9)13(19)18(14(15)17-11)8-10-5-6-16-7-10/h2-4,10,16H,5-8H2,1H3. The zero-order valence-electron chi connectivity index (χ0n) is 10.8. The van der Waals surface area contributed by atoms with E-state index in [1.807, 2.05) is 25.1 Å². The number of aromatic nitrogens is 2. The molecule has 2 heterocycles. The molecule has 100 valence electrons. The van der Waals surface area contributed by atoms with E-state index < -0.39 is 0 Å². The molecule has 0 radical (unpaired) electrons. The number of halogens is 1. The zero-order valence-corrected chi connectivity index (χ0v) is 11.6. The predicted octanol–water partition coefficient (Wildman–Crippen LogP) is 1.97. The molecule has 1 unspecified atom stereocenters. The third-order valence-electron chi connectivity index (χ3n) is 3.75. The molecule has 1 atom stereocenters. The Morgan fingerprint density at radius 1 is 1.53 bits per heavy atom. The third kappa shape index (κ3) is 2.26. The molecule has 2 aromatic rings. The van der Waals surface area contributed by atoms with Gasteiger partial charge in [-0.25, -0.2) is 4.98 Å². The summed E-state index contributed by atoms with van der Waals surface area (Å²) in [6.07, 6.45) is 1.08. The summed E-state index contributed by atoms with van der Waals surface area (Å²) >= 11 is 6.17. The molecule has 19 heavy (non-hydrogen) atoms. The maximum absolute atomic E-state index is 12.6. The molecule has 1 aromatic carbocycles. The van der Waals surface area contributed by atoms with Crippen LogP contribution in [0, 0.1) is 12.8 Å². The van der Waals surface area contributed by atoms with E-state index in [0.717, 1.165) is 25.1 Å². The molecular weight excluding hydrogens is 262 g/mol. The number of nitrogens with one attached hydrogen (secondary N) is 1. The Bertz CT molecular complexity index is 674. The van der Waals surface area contributed by atoms with Crippen LogP contribution in [0.25, 0.3) is 10.9 Å². The first-order valence-electron chi connectivity index (χ1n) is 6.53. The summed E-state index contributed by atoms with van der Waals surface area (Å²) in [7, 11) is 0. The first-order valence-corrected chi connectivity index (χ1v) is 6.91. The summed E-state index contributed by atoms with van der Waals surface area (Å²) < 4.78 is 1.61. The van der Waals surface area contributed by atoms with Gasteiger partial charge >= 0.3 is 0 Å². The molecule has 1 N–H and O–H groups in total. The second-order valence-electron chi connectivity index (χ2n) is 5.12. The maximum atomic E-state index is 12.6. The molecule has 5 heteroatoms. The first kappa shape index (κ1) is 12.6. The summed E-state index contributed by atoms with van der Waals surface area (Å²) in [5, 5.41) is 4.27. The van der Waals surface area contributed by atoms with Gasteiger partial charge in [0, 0.05) is 6.54 Å². The normalized spacial score (nSPS) is 19.2. The van der Waals surface area contributed by atoms with Crippen LogP contribution in [-0.4, -0.2) is 22.6 Å². The van der Waals surface area contributed by atoms with E-state index >= 15 is 0 Å². The summed E-state index contributed by atoms with van der Waals surface area (Å²) in [6.45, 7) is 4.52. The Morgan fingerprint density at radius 3 is 3.11 bits per heavy atom. The lowest BCUT2D eigenvalue weighted by atomic mass is 10.1. The maximum Gasteiger partial charge on any atom is 0.262 e. The molecule has 1 aliphatic rings. The lowest BCUT2D eigenvalue weighted by Crippen LogP contribution is -2.27. The van der Waals surface area contributed by atoms with Crippen molar-refractivity contribution in [3.8, 4) is 0 Å². The summed E-state index contributed by atoms with van der Waals surface area (Å²) in [4.78, 5) is 16.9. The van der Waals surface area contributed by atoms with Crippen molar-refractivity contribution < 1.29 is 0 Å². The molecule has 3 rings (SSSR count). The fourth-order valence-electron chi connectivity index (χ4n) is 2.69. The van der Waals surface area contributed by atoms with Gasteiger partial charge in [0.05, 0.1) is 10.9 Å². The lowest BCUT2D eigenvalue weighted by Gasteiger charge is -2.14. The molecule has 0 aliphatic carbocycles. The van der Waals surface area contributed by atoms with Gasteiger partial charge in [-0.1, -0.05) is 12.1 Å². The second kappa shape index (κ2) is 4.94. The van der Waals surface area contributed by atoms with Crippen molar-refractivity contribution in [1.82, 2.24) is 14.9 Å². The highest BCUT2D eigenvalue weighted by molar-refractivity contribution is 6.28. The van der Waals surface area contributed by atoms with Gasteiger partial charge in [0.25, 0.3) is 5.56 Å². The van der Waals surface area contributed by atoms with Crippen LogP contribution in [0.15, 0.2) is 23.0 Å². The number of aryl methyl sites for hydroxylation is 1. The molecule has 0 saturated carbocycles. The van der Waals surface area contributed by atoms with Gasteiger partial charge < -0.3 is 5.32 Å². The van der Waals surface area contributed by atoms with Crippen molar-refractivity contribution >= 4 is 22.5 Å². The van der Waals surface area contributed by atoms with E-state index in [4.69, 9.17) is 11.6 Å². The van der Waals surface area contributed by atoms with Crippen LogP contribution in [0.1, 0.15) is 12.0 Å². The number of hydrogen-bond donors (Lipinski definition) is 1. The van der Waals surface area contributed by atoms with Gasteiger partial charge in [-0.15, -0.1) is 0 Å². The number of benzene rings is 1. The van der Waals surface area contributed by atoms with Crippen molar-refractivity contribution in [2.24, 2.45) is 5.92 Å². The van der Waals surface area contributed by atoms with Gasteiger partial charge in [-0.2, -0.15) is 0 Å². The Hall–Kier alpha value is -1.39. The molecule has 0 spiro atoms. The summed E-state index contributed by atoms with van der Waals surface area (Å²) in [5.41, 5.74) is 1.60. The molecule has 1 saturated heterocycles. The van der Waals surface area contributed by atoms with Crippen molar-refractivity contribution in [3.63, 3.8) is 0 Å². The minimum Gasteiger partial charge on any atom is -0.316 e. The van der Waals surface area contributed by atoms with E-state index in [2.05, 4.69) is 10.3 Å².